The maximum atomic E-state index is 13.7. The lowest BCUT2D eigenvalue weighted by Gasteiger charge is -2.31. The number of aliphatic hydroxyl groups excluding tert-OH is 1. The van der Waals surface area contributed by atoms with Crippen LogP contribution in [-0.2, 0) is 16.4 Å². The van der Waals surface area contributed by atoms with Gasteiger partial charge in [0.1, 0.15) is 11.4 Å². The maximum Gasteiger partial charge on any atom is 0.270 e. The van der Waals surface area contributed by atoms with E-state index in [2.05, 4.69) is 10.3 Å². The number of sulfonamides is 1. The van der Waals surface area contributed by atoms with Gasteiger partial charge in [-0.15, -0.1) is 0 Å². The third-order valence-electron chi connectivity index (χ3n) is 6.50. The number of benzene rings is 2. The van der Waals surface area contributed by atoms with Gasteiger partial charge in [-0.05, 0) is 61.2 Å². The monoisotopic (exact) mass is 539 g/mol. The van der Waals surface area contributed by atoms with E-state index >= 15 is 0 Å². The molecular weight excluding hydrogens is 502 g/mol. The van der Waals surface area contributed by atoms with Crippen LogP contribution in [0.3, 0.4) is 0 Å². The van der Waals surface area contributed by atoms with Gasteiger partial charge in [-0.1, -0.05) is 56.7 Å². The molecule has 8 nitrogen and oxygen atoms in total. The smallest absolute Gasteiger partial charge is 0.270 e. The van der Waals surface area contributed by atoms with Crippen molar-refractivity contribution in [2.75, 3.05) is 20.2 Å². The molecule has 1 aromatic heterocycles. The number of hydrogen-bond acceptors (Lipinski definition) is 6. The number of carbonyl (C=O) groups is 1. The molecular formula is C29H37N3O5S. The standard InChI is InChI=1S/C29H37N3O5S/c1-5-21(2)19-32(38(35,36)25-16-14-24(37-4)15-17-25)20-28(33)27(18-23-11-7-6-8-12-23)31-29(34)26-13-9-10-22(3)30-26/h6-17,21,27-28,33H,5,18-20H2,1-4H3,(H,31,34)/t21-,27?,28?/m0/s1. The predicted molar refractivity (Wildman–Crippen MR) is 148 cm³/mol. The zero-order valence-corrected chi connectivity index (χ0v) is 23.2. The molecule has 0 aliphatic carbocycles. The van der Waals surface area contributed by atoms with Crippen molar-refractivity contribution >= 4 is 15.9 Å². The van der Waals surface area contributed by atoms with Gasteiger partial charge in [0.05, 0.1) is 24.2 Å². The van der Waals surface area contributed by atoms with E-state index < -0.39 is 28.1 Å². The second kappa shape index (κ2) is 13.5. The Hall–Kier alpha value is -3.27. The summed E-state index contributed by atoms with van der Waals surface area (Å²) in [6, 6.07) is 20.0. The van der Waals surface area contributed by atoms with Crippen molar-refractivity contribution in [3.8, 4) is 5.75 Å². The Bertz CT molecular complexity index is 1280. The highest BCUT2D eigenvalue weighted by atomic mass is 32.2. The molecule has 0 aliphatic rings. The molecule has 2 N–H and O–H groups in total. The Morgan fingerprint density at radius 3 is 2.32 bits per heavy atom. The lowest BCUT2D eigenvalue weighted by molar-refractivity contribution is 0.0769. The van der Waals surface area contributed by atoms with Crippen LogP contribution < -0.4 is 10.1 Å². The van der Waals surface area contributed by atoms with Crippen LogP contribution in [0.25, 0.3) is 0 Å². The van der Waals surface area contributed by atoms with Crippen LogP contribution in [0.2, 0.25) is 0 Å². The highest BCUT2D eigenvalue weighted by Crippen LogP contribution is 2.22. The summed E-state index contributed by atoms with van der Waals surface area (Å²) in [5.74, 6) is 0.182. The molecule has 0 saturated heterocycles. The Kier molecular flexibility index (Phi) is 10.4. The molecule has 3 aromatic rings. The minimum atomic E-state index is -3.93. The van der Waals surface area contributed by atoms with E-state index in [9.17, 15) is 18.3 Å². The van der Waals surface area contributed by atoms with Crippen molar-refractivity contribution in [3.05, 3.63) is 89.7 Å². The first-order valence-electron chi connectivity index (χ1n) is 12.7. The SMILES string of the molecule is CC[C@H](C)CN(CC(O)C(Cc1ccccc1)NC(=O)c1cccc(C)n1)S(=O)(=O)c1ccc(OC)cc1. The molecule has 0 fully saturated rings. The summed E-state index contributed by atoms with van der Waals surface area (Å²) < 4.78 is 33.8. The number of amides is 1. The van der Waals surface area contributed by atoms with Crippen molar-refractivity contribution in [1.29, 1.82) is 0 Å². The third-order valence-corrected chi connectivity index (χ3v) is 8.35. The zero-order chi connectivity index (χ0) is 27.7. The topological polar surface area (TPSA) is 109 Å². The van der Waals surface area contributed by atoms with Crippen LogP contribution in [0.5, 0.6) is 5.75 Å². The molecule has 0 aliphatic heterocycles. The van der Waals surface area contributed by atoms with Gasteiger partial charge in [0.15, 0.2) is 0 Å². The molecule has 9 heteroatoms. The predicted octanol–water partition coefficient (Wildman–Crippen LogP) is 3.84. The molecule has 2 aromatic carbocycles. The first kappa shape index (κ1) is 29.3. The number of hydrogen-bond donors (Lipinski definition) is 2. The number of aryl methyl sites for hydroxylation is 1. The van der Waals surface area contributed by atoms with Gasteiger partial charge in [-0.25, -0.2) is 13.4 Å². The molecule has 1 heterocycles. The summed E-state index contributed by atoms with van der Waals surface area (Å²) in [5.41, 5.74) is 1.83. The first-order chi connectivity index (χ1) is 18.1. The van der Waals surface area contributed by atoms with Gasteiger partial charge >= 0.3 is 0 Å². The fourth-order valence-corrected chi connectivity index (χ4v) is 5.62. The summed E-state index contributed by atoms with van der Waals surface area (Å²) in [7, 11) is -2.41. The van der Waals surface area contributed by atoms with Gasteiger partial charge in [-0.2, -0.15) is 4.31 Å². The minimum absolute atomic E-state index is 0.0638. The number of aromatic nitrogens is 1. The summed E-state index contributed by atoms with van der Waals surface area (Å²) in [6.07, 6.45) is -0.0891. The molecule has 204 valence electrons. The van der Waals surface area contributed by atoms with Crippen molar-refractivity contribution in [2.24, 2.45) is 5.92 Å². The number of ether oxygens (including phenoxy) is 1. The Balaban J connectivity index is 1.90. The van der Waals surface area contributed by atoms with Crippen LogP contribution in [0.4, 0.5) is 0 Å². The van der Waals surface area contributed by atoms with E-state index in [0.717, 1.165) is 12.0 Å². The van der Waals surface area contributed by atoms with Gasteiger partial charge < -0.3 is 15.2 Å². The summed E-state index contributed by atoms with van der Waals surface area (Å²) in [6.45, 7) is 5.80. The van der Waals surface area contributed by atoms with Gasteiger partial charge in [0.2, 0.25) is 10.0 Å². The molecule has 3 atom stereocenters. The second-order valence-electron chi connectivity index (χ2n) is 9.51. The quantitative estimate of drug-likeness (QED) is 0.342. The lowest BCUT2D eigenvalue weighted by atomic mass is 10.0. The van der Waals surface area contributed by atoms with Crippen LogP contribution >= 0.6 is 0 Å². The molecule has 2 unspecified atom stereocenters. The molecule has 0 bridgehead atoms. The highest BCUT2D eigenvalue weighted by molar-refractivity contribution is 7.89. The number of rotatable bonds is 13. The Morgan fingerprint density at radius 2 is 1.71 bits per heavy atom. The van der Waals surface area contributed by atoms with Gasteiger partial charge in [0, 0.05) is 18.8 Å². The van der Waals surface area contributed by atoms with E-state index in [1.165, 1.54) is 23.5 Å². The third kappa shape index (κ3) is 7.86. The minimum Gasteiger partial charge on any atom is -0.497 e. The lowest BCUT2D eigenvalue weighted by Crippen LogP contribution is -2.51. The number of pyridine rings is 1. The van der Waals surface area contributed by atoms with E-state index in [1.807, 2.05) is 44.2 Å². The first-order valence-corrected chi connectivity index (χ1v) is 14.2. The van der Waals surface area contributed by atoms with E-state index in [4.69, 9.17) is 4.74 Å². The Morgan fingerprint density at radius 1 is 1.03 bits per heavy atom. The van der Waals surface area contributed by atoms with E-state index in [0.29, 0.717) is 17.9 Å². The van der Waals surface area contributed by atoms with Crippen LogP contribution in [0.15, 0.2) is 77.7 Å². The van der Waals surface area contributed by atoms with Crippen molar-refractivity contribution in [1.82, 2.24) is 14.6 Å². The van der Waals surface area contributed by atoms with Gasteiger partial charge in [0.25, 0.3) is 5.91 Å². The normalized spacial score (nSPS) is 14.1. The van der Waals surface area contributed by atoms with Crippen LogP contribution in [-0.4, -0.2) is 61.1 Å². The molecule has 0 radical (unpaired) electrons. The largest absolute Gasteiger partial charge is 0.497 e. The Labute approximate surface area is 225 Å². The second-order valence-corrected chi connectivity index (χ2v) is 11.5. The van der Waals surface area contributed by atoms with E-state index in [-0.39, 0.29) is 29.6 Å². The van der Waals surface area contributed by atoms with Crippen LogP contribution in [0, 0.1) is 12.8 Å². The van der Waals surface area contributed by atoms with Crippen molar-refractivity contribution < 1.29 is 23.1 Å². The fraction of sp³-hybridized carbons (Fsp3) is 0.379. The number of aliphatic hydroxyl groups is 1. The maximum absolute atomic E-state index is 13.7. The number of methoxy groups -OCH3 is 1. The van der Waals surface area contributed by atoms with Crippen molar-refractivity contribution in [3.63, 3.8) is 0 Å². The van der Waals surface area contributed by atoms with Crippen molar-refractivity contribution in [2.45, 2.75) is 50.7 Å². The summed E-state index contributed by atoms with van der Waals surface area (Å²) in [5, 5.41) is 14.3. The average Bonchev–Trinajstić information content (AvgIpc) is 2.92. The number of carbonyl (C=O) groups excluding carboxylic acids is 1. The highest BCUT2D eigenvalue weighted by Gasteiger charge is 2.32. The fourth-order valence-electron chi connectivity index (χ4n) is 4.04. The van der Waals surface area contributed by atoms with Crippen LogP contribution in [0.1, 0.15) is 42.0 Å². The molecule has 38 heavy (non-hydrogen) atoms. The number of nitrogens with one attached hydrogen (secondary N) is 1. The molecule has 0 spiro atoms. The summed E-state index contributed by atoms with van der Waals surface area (Å²) >= 11 is 0. The molecule has 1 amide bonds. The molecule has 0 saturated carbocycles. The van der Waals surface area contributed by atoms with E-state index in [1.54, 1.807) is 37.3 Å². The zero-order valence-electron chi connectivity index (χ0n) is 22.4. The average molecular weight is 540 g/mol. The van der Waals surface area contributed by atoms with Gasteiger partial charge in [-0.3, -0.25) is 4.79 Å². The molecule has 3 rings (SSSR count). The number of nitrogens with zero attached hydrogens (tertiary/aromatic N) is 2. The summed E-state index contributed by atoms with van der Waals surface area (Å²) in [4.78, 5) is 17.5.